The number of halogens is 1. The lowest BCUT2D eigenvalue weighted by atomic mass is 9.97. The van der Waals surface area contributed by atoms with E-state index >= 15 is 0 Å². The zero-order chi connectivity index (χ0) is 14.4. The molecule has 0 aliphatic carbocycles. The summed E-state index contributed by atoms with van der Waals surface area (Å²) in [5.41, 5.74) is 0.534. The third-order valence-electron chi connectivity index (χ3n) is 4.45. The molecule has 2 aromatic rings. The zero-order valence-corrected chi connectivity index (χ0v) is 14.5. The monoisotopic (exact) mass is 413 g/mol. The van der Waals surface area contributed by atoms with Crippen LogP contribution >= 0.6 is 33.9 Å². The summed E-state index contributed by atoms with van der Waals surface area (Å²) in [6.45, 7) is 3.39. The molecule has 2 fully saturated rings. The zero-order valence-electron chi connectivity index (χ0n) is 11.5. The molecule has 110 valence electrons. The number of amides is 1. The lowest BCUT2D eigenvalue weighted by Gasteiger charge is -2.30. The summed E-state index contributed by atoms with van der Waals surface area (Å²) < 4.78 is 2.32. The van der Waals surface area contributed by atoms with E-state index in [1.165, 1.54) is 23.1 Å². The number of nitrogens with one attached hydrogen (secondary N) is 1. The van der Waals surface area contributed by atoms with E-state index in [-0.39, 0.29) is 11.9 Å². The molecule has 2 aromatic heterocycles. The van der Waals surface area contributed by atoms with E-state index in [9.17, 15) is 4.79 Å². The van der Waals surface area contributed by atoms with E-state index in [2.05, 4.69) is 43.2 Å². The van der Waals surface area contributed by atoms with Gasteiger partial charge in [-0.25, -0.2) is 4.98 Å². The molecule has 1 N–H and O–H groups in total. The van der Waals surface area contributed by atoms with Crippen LogP contribution in [0.5, 0.6) is 0 Å². The van der Waals surface area contributed by atoms with Gasteiger partial charge < -0.3 is 10.2 Å². The SMILES string of the molecule is O=C(N[C@@H]1C[C@H]2CCN(C2)C1)c1cc2c(I)csc2cn1. The Kier molecular flexibility index (Phi) is 3.63. The van der Waals surface area contributed by atoms with E-state index in [0.717, 1.165) is 29.0 Å². The summed E-state index contributed by atoms with van der Waals surface area (Å²) in [6.07, 6.45) is 4.20. The molecule has 2 aliphatic heterocycles. The number of rotatable bonds is 2. The van der Waals surface area contributed by atoms with Crippen molar-refractivity contribution in [3.05, 3.63) is 26.9 Å². The van der Waals surface area contributed by atoms with Crippen LogP contribution in [-0.2, 0) is 0 Å². The van der Waals surface area contributed by atoms with Crippen molar-refractivity contribution in [1.82, 2.24) is 15.2 Å². The summed E-state index contributed by atoms with van der Waals surface area (Å²) in [5.74, 6) is 0.726. The number of thiophene rings is 1. The van der Waals surface area contributed by atoms with Crippen LogP contribution in [0.15, 0.2) is 17.6 Å². The fourth-order valence-electron chi connectivity index (χ4n) is 3.45. The Balaban J connectivity index is 1.52. The Morgan fingerprint density at radius 1 is 1.48 bits per heavy atom. The summed E-state index contributed by atoms with van der Waals surface area (Å²) >= 11 is 3.98. The number of carbonyl (C=O) groups is 1. The van der Waals surface area contributed by atoms with Crippen molar-refractivity contribution >= 4 is 49.9 Å². The molecule has 3 atom stereocenters. The van der Waals surface area contributed by atoms with Crippen LogP contribution in [0.4, 0.5) is 0 Å². The topological polar surface area (TPSA) is 45.2 Å². The fourth-order valence-corrected chi connectivity index (χ4v) is 5.23. The van der Waals surface area contributed by atoms with Crippen molar-refractivity contribution in [2.24, 2.45) is 5.92 Å². The van der Waals surface area contributed by atoms with Crippen LogP contribution in [0.2, 0.25) is 0 Å². The van der Waals surface area contributed by atoms with Crippen LogP contribution in [0.25, 0.3) is 10.1 Å². The number of hydrogen-bond acceptors (Lipinski definition) is 4. The molecular weight excluding hydrogens is 397 g/mol. The second kappa shape index (κ2) is 5.48. The Morgan fingerprint density at radius 2 is 2.38 bits per heavy atom. The second-order valence-electron chi connectivity index (χ2n) is 5.97. The maximum Gasteiger partial charge on any atom is 0.270 e. The number of pyridine rings is 1. The second-order valence-corrected chi connectivity index (χ2v) is 8.04. The first-order chi connectivity index (χ1) is 10.2. The number of piperidine rings is 1. The normalized spacial score (nSPS) is 28.0. The standard InChI is InChI=1S/C15H16IN3OS/c16-12-8-21-14-5-17-13(4-11(12)14)15(20)18-10-3-9-1-2-19(6-9)7-10/h4-5,8-10H,1-3,6-7H2,(H,18,20)/t9-,10-/m1/s1. The number of carbonyl (C=O) groups excluding carboxylic acids is 1. The lowest BCUT2D eigenvalue weighted by Crippen LogP contribution is -2.47. The van der Waals surface area contributed by atoms with Crippen molar-refractivity contribution in [2.45, 2.75) is 18.9 Å². The largest absolute Gasteiger partial charge is 0.347 e. The van der Waals surface area contributed by atoms with Gasteiger partial charge in [-0.2, -0.15) is 0 Å². The van der Waals surface area contributed by atoms with E-state index < -0.39 is 0 Å². The highest BCUT2D eigenvalue weighted by atomic mass is 127. The van der Waals surface area contributed by atoms with Crippen LogP contribution in [0.1, 0.15) is 23.3 Å². The molecule has 2 aliphatic rings. The van der Waals surface area contributed by atoms with Gasteiger partial charge in [-0.3, -0.25) is 4.79 Å². The fraction of sp³-hybridized carbons (Fsp3) is 0.467. The molecule has 1 amide bonds. The molecule has 2 saturated heterocycles. The first kappa shape index (κ1) is 13.9. The Hall–Kier alpha value is -0.730. The van der Waals surface area contributed by atoms with Gasteiger partial charge in [0.05, 0.1) is 4.70 Å². The molecule has 4 rings (SSSR count). The molecule has 0 spiro atoms. The number of nitrogens with zero attached hydrogens (tertiary/aromatic N) is 2. The van der Waals surface area contributed by atoms with Crippen LogP contribution < -0.4 is 5.32 Å². The summed E-state index contributed by atoms with van der Waals surface area (Å²) in [4.78, 5) is 19.2. The minimum absolute atomic E-state index is 0.0357. The first-order valence-electron chi connectivity index (χ1n) is 7.25. The van der Waals surface area contributed by atoms with Crippen LogP contribution in [-0.4, -0.2) is 41.5 Å². The minimum atomic E-state index is -0.0357. The Labute approximate surface area is 141 Å². The highest BCUT2D eigenvalue weighted by Gasteiger charge is 2.33. The third kappa shape index (κ3) is 2.68. The van der Waals surface area contributed by atoms with Crippen molar-refractivity contribution in [1.29, 1.82) is 0 Å². The predicted octanol–water partition coefficient (Wildman–Crippen LogP) is 2.72. The first-order valence-corrected chi connectivity index (χ1v) is 9.21. The maximum absolute atomic E-state index is 12.4. The summed E-state index contributed by atoms with van der Waals surface area (Å²) in [7, 11) is 0. The average Bonchev–Trinajstić information content (AvgIpc) is 3.02. The molecule has 0 aromatic carbocycles. The van der Waals surface area contributed by atoms with E-state index in [1.807, 2.05) is 12.3 Å². The van der Waals surface area contributed by atoms with Gasteiger partial charge in [0.2, 0.25) is 0 Å². The van der Waals surface area contributed by atoms with Crippen LogP contribution in [0.3, 0.4) is 0 Å². The van der Waals surface area contributed by atoms with Crippen molar-refractivity contribution < 1.29 is 4.79 Å². The van der Waals surface area contributed by atoms with Gasteiger partial charge in [-0.05, 0) is 54.0 Å². The molecule has 1 unspecified atom stereocenters. The highest BCUT2D eigenvalue weighted by molar-refractivity contribution is 14.1. The van der Waals surface area contributed by atoms with E-state index in [1.54, 1.807) is 11.3 Å². The van der Waals surface area contributed by atoms with Gasteiger partial charge in [0, 0.05) is 39.7 Å². The van der Waals surface area contributed by atoms with Gasteiger partial charge in [0.1, 0.15) is 5.69 Å². The molecule has 6 heteroatoms. The van der Waals surface area contributed by atoms with Gasteiger partial charge in [0.15, 0.2) is 0 Å². The number of aromatic nitrogens is 1. The third-order valence-corrected chi connectivity index (χ3v) is 6.70. The van der Waals surface area contributed by atoms with Crippen LogP contribution in [0, 0.1) is 9.49 Å². The van der Waals surface area contributed by atoms with Crippen molar-refractivity contribution in [3.63, 3.8) is 0 Å². The lowest BCUT2D eigenvalue weighted by molar-refractivity contribution is 0.0904. The van der Waals surface area contributed by atoms with Gasteiger partial charge in [-0.15, -0.1) is 11.3 Å². The molecule has 2 bridgehead atoms. The Morgan fingerprint density at radius 3 is 3.24 bits per heavy atom. The molecule has 4 heterocycles. The van der Waals surface area contributed by atoms with E-state index in [4.69, 9.17) is 0 Å². The quantitative estimate of drug-likeness (QED) is 0.771. The smallest absolute Gasteiger partial charge is 0.270 e. The molecule has 4 nitrogen and oxygen atoms in total. The summed E-state index contributed by atoms with van der Waals surface area (Å²) in [6, 6.07) is 2.19. The Bertz CT molecular complexity index is 689. The van der Waals surface area contributed by atoms with Gasteiger partial charge >= 0.3 is 0 Å². The molecule has 0 radical (unpaired) electrons. The van der Waals surface area contributed by atoms with Gasteiger partial charge in [-0.1, -0.05) is 0 Å². The number of fused-ring (bicyclic) bond motifs is 3. The van der Waals surface area contributed by atoms with Crippen molar-refractivity contribution in [3.8, 4) is 0 Å². The van der Waals surface area contributed by atoms with Crippen molar-refractivity contribution in [2.75, 3.05) is 19.6 Å². The predicted molar refractivity (Wildman–Crippen MR) is 92.8 cm³/mol. The minimum Gasteiger partial charge on any atom is -0.347 e. The van der Waals surface area contributed by atoms with Gasteiger partial charge in [0.25, 0.3) is 5.91 Å². The molecular formula is C15H16IN3OS. The summed E-state index contributed by atoms with van der Waals surface area (Å²) in [5, 5.41) is 6.40. The number of hydrogen-bond donors (Lipinski definition) is 1. The highest BCUT2D eigenvalue weighted by Crippen LogP contribution is 2.28. The molecule has 0 saturated carbocycles. The molecule has 21 heavy (non-hydrogen) atoms. The van der Waals surface area contributed by atoms with E-state index in [0.29, 0.717) is 5.69 Å². The maximum atomic E-state index is 12.4. The average molecular weight is 413 g/mol.